The van der Waals surface area contributed by atoms with Crippen molar-refractivity contribution in [2.75, 3.05) is 33.2 Å². The number of likely N-dealkylation sites (N-methyl/N-ethyl adjacent to an activating group) is 1. The van der Waals surface area contributed by atoms with Gasteiger partial charge in [-0.1, -0.05) is 0 Å². The van der Waals surface area contributed by atoms with Gasteiger partial charge in [-0.05, 0) is 19.2 Å². The van der Waals surface area contributed by atoms with Crippen LogP contribution in [-0.2, 0) is 6.54 Å². The summed E-state index contributed by atoms with van der Waals surface area (Å²) in [6.45, 7) is 4.43. The molecular formula is C14H17FN4O. The topological polar surface area (TPSA) is 40.9 Å². The molecule has 3 heterocycles. The highest BCUT2D eigenvalue weighted by Gasteiger charge is 2.16. The van der Waals surface area contributed by atoms with Crippen LogP contribution in [0.4, 0.5) is 4.39 Å². The highest BCUT2D eigenvalue weighted by Crippen LogP contribution is 2.06. The number of pyridine rings is 1. The van der Waals surface area contributed by atoms with E-state index in [1.54, 1.807) is 6.20 Å². The Labute approximate surface area is 116 Å². The number of nitrogens with zero attached hydrogens (tertiary/aromatic N) is 4. The Balaban J connectivity index is 1.88. The Kier molecular flexibility index (Phi) is 3.50. The largest absolute Gasteiger partial charge is 0.304 e. The first-order valence-corrected chi connectivity index (χ1v) is 6.70. The molecule has 1 saturated heterocycles. The van der Waals surface area contributed by atoms with Gasteiger partial charge in [0.15, 0.2) is 0 Å². The summed E-state index contributed by atoms with van der Waals surface area (Å²) < 4.78 is 14.5. The second kappa shape index (κ2) is 5.30. The van der Waals surface area contributed by atoms with Crippen molar-refractivity contribution in [3.05, 3.63) is 46.3 Å². The molecule has 20 heavy (non-hydrogen) atoms. The first kappa shape index (κ1) is 13.2. The van der Waals surface area contributed by atoms with E-state index in [4.69, 9.17) is 0 Å². The van der Waals surface area contributed by atoms with Crippen molar-refractivity contribution in [2.45, 2.75) is 6.54 Å². The van der Waals surface area contributed by atoms with Crippen LogP contribution in [0.3, 0.4) is 0 Å². The maximum atomic E-state index is 13.2. The van der Waals surface area contributed by atoms with Gasteiger partial charge in [0.1, 0.15) is 11.5 Å². The molecule has 0 radical (unpaired) electrons. The molecule has 5 nitrogen and oxygen atoms in total. The summed E-state index contributed by atoms with van der Waals surface area (Å²) >= 11 is 0. The Morgan fingerprint density at radius 3 is 2.75 bits per heavy atom. The Morgan fingerprint density at radius 1 is 1.25 bits per heavy atom. The highest BCUT2D eigenvalue weighted by atomic mass is 19.1. The quantitative estimate of drug-likeness (QED) is 0.804. The summed E-state index contributed by atoms with van der Waals surface area (Å²) in [7, 11) is 2.09. The van der Waals surface area contributed by atoms with Crippen molar-refractivity contribution in [2.24, 2.45) is 0 Å². The molecule has 0 unspecified atom stereocenters. The van der Waals surface area contributed by atoms with Crippen LogP contribution in [0.1, 0.15) is 5.56 Å². The minimum atomic E-state index is -0.432. The fourth-order valence-corrected chi connectivity index (χ4v) is 2.44. The molecule has 0 aliphatic carbocycles. The van der Waals surface area contributed by atoms with E-state index < -0.39 is 5.82 Å². The minimum absolute atomic E-state index is 0.187. The van der Waals surface area contributed by atoms with Gasteiger partial charge in [0.2, 0.25) is 0 Å². The van der Waals surface area contributed by atoms with Gasteiger partial charge < -0.3 is 4.90 Å². The molecule has 2 aromatic heterocycles. The second-order valence-corrected chi connectivity index (χ2v) is 5.24. The van der Waals surface area contributed by atoms with Crippen LogP contribution in [0.5, 0.6) is 0 Å². The van der Waals surface area contributed by atoms with Gasteiger partial charge >= 0.3 is 0 Å². The molecule has 0 N–H and O–H groups in total. The van der Waals surface area contributed by atoms with Gasteiger partial charge in [-0.25, -0.2) is 9.37 Å². The molecule has 0 saturated carbocycles. The number of halogens is 1. The van der Waals surface area contributed by atoms with Crippen LogP contribution in [0.15, 0.2) is 29.3 Å². The third kappa shape index (κ3) is 2.57. The van der Waals surface area contributed by atoms with Crippen molar-refractivity contribution in [3.63, 3.8) is 0 Å². The fourth-order valence-electron chi connectivity index (χ4n) is 2.44. The van der Waals surface area contributed by atoms with Gasteiger partial charge in [-0.15, -0.1) is 0 Å². The molecule has 0 amide bonds. The standard InChI is InChI=1S/C14H17FN4O/c1-17-4-6-18(7-5-17)9-11-8-16-13-3-2-12(15)10-19(13)14(11)20/h2-3,8,10H,4-7,9H2,1H3. The van der Waals surface area contributed by atoms with E-state index >= 15 is 0 Å². The third-order valence-electron chi connectivity index (χ3n) is 3.73. The smallest absolute Gasteiger partial charge is 0.262 e. The first-order valence-electron chi connectivity index (χ1n) is 6.70. The maximum absolute atomic E-state index is 13.2. The van der Waals surface area contributed by atoms with Crippen LogP contribution < -0.4 is 5.56 Å². The van der Waals surface area contributed by atoms with E-state index in [2.05, 4.69) is 21.8 Å². The van der Waals surface area contributed by atoms with Crippen molar-refractivity contribution in [1.29, 1.82) is 0 Å². The molecule has 0 spiro atoms. The second-order valence-electron chi connectivity index (χ2n) is 5.24. The average molecular weight is 276 g/mol. The Bertz CT molecular complexity index is 676. The summed E-state index contributed by atoms with van der Waals surface area (Å²) in [5.41, 5.74) is 0.893. The zero-order valence-electron chi connectivity index (χ0n) is 11.4. The predicted molar refractivity (Wildman–Crippen MR) is 74.2 cm³/mol. The molecule has 6 heteroatoms. The monoisotopic (exact) mass is 276 g/mol. The molecule has 2 aromatic rings. The van der Waals surface area contributed by atoms with Crippen molar-refractivity contribution in [1.82, 2.24) is 19.2 Å². The molecule has 0 atom stereocenters. The van der Waals surface area contributed by atoms with Crippen LogP contribution in [0.2, 0.25) is 0 Å². The molecule has 106 valence electrons. The Hall–Kier alpha value is -1.79. The predicted octanol–water partition coefficient (Wildman–Crippen LogP) is 0.581. The molecule has 3 rings (SSSR count). The average Bonchev–Trinajstić information content (AvgIpc) is 2.45. The van der Waals surface area contributed by atoms with Gasteiger partial charge in [-0.3, -0.25) is 14.1 Å². The van der Waals surface area contributed by atoms with Crippen LogP contribution in [0, 0.1) is 5.82 Å². The molecule has 1 fully saturated rings. The lowest BCUT2D eigenvalue weighted by atomic mass is 10.2. The van der Waals surface area contributed by atoms with Crippen molar-refractivity contribution >= 4 is 5.65 Å². The SMILES string of the molecule is CN1CCN(Cc2cnc3ccc(F)cn3c2=O)CC1. The van der Waals surface area contributed by atoms with E-state index in [0.717, 1.165) is 26.2 Å². The first-order chi connectivity index (χ1) is 9.63. The molecular weight excluding hydrogens is 259 g/mol. The van der Waals surface area contributed by atoms with Crippen LogP contribution >= 0.6 is 0 Å². The summed E-state index contributed by atoms with van der Waals surface area (Å²) in [6, 6.07) is 2.82. The number of piperazine rings is 1. The number of hydrogen-bond donors (Lipinski definition) is 0. The van der Waals surface area contributed by atoms with Gasteiger partial charge in [0.05, 0.1) is 5.56 Å². The minimum Gasteiger partial charge on any atom is -0.304 e. The van der Waals surface area contributed by atoms with Crippen molar-refractivity contribution in [3.8, 4) is 0 Å². The number of fused-ring (bicyclic) bond motifs is 1. The van der Waals surface area contributed by atoms with Gasteiger partial charge in [0.25, 0.3) is 5.56 Å². The number of hydrogen-bond acceptors (Lipinski definition) is 4. The molecule has 0 bridgehead atoms. The molecule has 1 aliphatic heterocycles. The van der Waals surface area contributed by atoms with E-state index in [1.807, 2.05) is 0 Å². The Morgan fingerprint density at radius 2 is 2.00 bits per heavy atom. The summed E-state index contributed by atoms with van der Waals surface area (Å²) in [4.78, 5) is 21.0. The molecule has 1 aliphatic rings. The van der Waals surface area contributed by atoms with E-state index in [0.29, 0.717) is 17.8 Å². The lowest BCUT2D eigenvalue weighted by molar-refractivity contribution is 0.147. The van der Waals surface area contributed by atoms with Gasteiger partial charge in [-0.2, -0.15) is 0 Å². The van der Waals surface area contributed by atoms with E-state index in [9.17, 15) is 9.18 Å². The lowest BCUT2D eigenvalue weighted by Gasteiger charge is -2.32. The molecule has 0 aromatic carbocycles. The lowest BCUT2D eigenvalue weighted by Crippen LogP contribution is -2.44. The van der Waals surface area contributed by atoms with Crippen molar-refractivity contribution < 1.29 is 4.39 Å². The summed E-state index contributed by atoms with van der Waals surface area (Å²) in [5, 5.41) is 0. The number of aromatic nitrogens is 2. The van der Waals surface area contributed by atoms with Crippen LogP contribution in [0.25, 0.3) is 5.65 Å². The highest BCUT2D eigenvalue weighted by molar-refractivity contribution is 5.38. The number of rotatable bonds is 2. The van der Waals surface area contributed by atoms with Gasteiger partial charge in [0, 0.05) is 45.1 Å². The zero-order valence-corrected chi connectivity index (χ0v) is 11.4. The van der Waals surface area contributed by atoms with E-state index in [-0.39, 0.29) is 5.56 Å². The summed E-state index contributed by atoms with van der Waals surface area (Å²) in [6.07, 6.45) is 2.80. The zero-order chi connectivity index (χ0) is 14.1. The normalized spacial score (nSPS) is 17.7. The fraction of sp³-hybridized carbons (Fsp3) is 0.429. The van der Waals surface area contributed by atoms with E-state index in [1.165, 1.54) is 22.7 Å². The third-order valence-corrected chi connectivity index (χ3v) is 3.73. The maximum Gasteiger partial charge on any atom is 0.262 e. The van der Waals surface area contributed by atoms with Crippen LogP contribution in [-0.4, -0.2) is 52.4 Å². The summed E-state index contributed by atoms with van der Waals surface area (Å²) in [5.74, 6) is -0.432.